The Kier molecular flexibility index (Phi) is 3.38. The van der Waals surface area contributed by atoms with Gasteiger partial charge < -0.3 is 5.73 Å². The fourth-order valence-electron chi connectivity index (χ4n) is 0.859. The average molecular weight is 279 g/mol. The number of anilines is 2. The average Bonchev–Trinajstić information content (AvgIpc) is 2.11. The molecule has 0 atom stereocenters. The van der Waals surface area contributed by atoms with Crippen molar-refractivity contribution >= 4 is 37.3 Å². The first kappa shape index (κ1) is 11.3. The molecule has 0 aromatic heterocycles. The van der Waals surface area contributed by atoms with Crippen molar-refractivity contribution < 1.29 is 8.42 Å². The number of sulfonamides is 1. The zero-order valence-electron chi connectivity index (χ0n) is 7.62. The second kappa shape index (κ2) is 4.18. The summed E-state index contributed by atoms with van der Waals surface area (Å²) in [6, 6.07) is 4.91. The Morgan fingerprint density at radius 1 is 1.50 bits per heavy atom. The molecule has 0 bridgehead atoms. The Morgan fingerprint density at radius 3 is 2.64 bits per heavy atom. The lowest BCUT2D eigenvalue weighted by Crippen LogP contribution is -2.14. The van der Waals surface area contributed by atoms with Gasteiger partial charge in [-0.3, -0.25) is 4.72 Å². The maximum Gasteiger partial charge on any atom is 0.232 e. The fourth-order valence-corrected chi connectivity index (χ4v) is 1.74. The monoisotopic (exact) mass is 278 g/mol. The molecule has 0 aliphatic rings. The Bertz CT molecular complexity index is 431. The number of benzene rings is 1. The summed E-state index contributed by atoms with van der Waals surface area (Å²) in [5.41, 5.74) is 6.58. The first-order valence-electron chi connectivity index (χ1n) is 4.00. The molecule has 0 heterocycles. The third kappa shape index (κ3) is 2.88. The second-order valence-electron chi connectivity index (χ2n) is 2.74. The fraction of sp³-hybridized carbons (Fsp3) is 0.250. The van der Waals surface area contributed by atoms with Crippen LogP contribution in [0.15, 0.2) is 22.7 Å². The van der Waals surface area contributed by atoms with Gasteiger partial charge in [0.05, 0.1) is 11.4 Å². The predicted octanol–water partition coefficient (Wildman–Crippen LogP) is 1.79. The van der Waals surface area contributed by atoms with Crippen molar-refractivity contribution in [3.8, 4) is 0 Å². The predicted molar refractivity (Wildman–Crippen MR) is 61.6 cm³/mol. The van der Waals surface area contributed by atoms with Crippen molar-refractivity contribution in [2.75, 3.05) is 16.2 Å². The van der Waals surface area contributed by atoms with Crippen molar-refractivity contribution in [2.45, 2.75) is 6.92 Å². The van der Waals surface area contributed by atoms with Gasteiger partial charge in [0, 0.05) is 10.2 Å². The standard InChI is InChI=1S/C8H11BrN2O2S/c1-2-14(12,13)11-6-3-4-7(9)8(10)5-6/h3-5,11H,2,10H2,1H3. The van der Waals surface area contributed by atoms with Crippen molar-refractivity contribution in [1.29, 1.82) is 0 Å². The van der Waals surface area contributed by atoms with E-state index in [2.05, 4.69) is 20.7 Å². The molecule has 3 N–H and O–H groups in total. The van der Waals surface area contributed by atoms with Gasteiger partial charge >= 0.3 is 0 Å². The highest BCUT2D eigenvalue weighted by atomic mass is 79.9. The van der Waals surface area contributed by atoms with E-state index in [-0.39, 0.29) is 5.75 Å². The topological polar surface area (TPSA) is 72.2 Å². The summed E-state index contributed by atoms with van der Waals surface area (Å²) in [5, 5.41) is 0. The highest BCUT2D eigenvalue weighted by Crippen LogP contribution is 2.23. The van der Waals surface area contributed by atoms with E-state index < -0.39 is 10.0 Å². The first-order chi connectivity index (χ1) is 6.44. The molecule has 0 fully saturated rings. The molecule has 78 valence electrons. The number of nitrogen functional groups attached to an aromatic ring is 1. The van der Waals surface area contributed by atoms with Crippen LogP contribution in [0.5, 0.6) is 0 Å². The number of nitrogens with one attached hydrogen (secondary N) is 1. The lowest BCUT2D eigenvalue weighted by Gasteiger charge is -2.07. The van der Waals surface area contributed by atoms with Crippen molar-refractivity contribution in [1.82, 2.24) is 0 Å². The summed E-state index contributed by atoms with van der Waals surface area (Å²) in [7, 11) is -3.22. The van der Waals surface area contributed by atoms with Gasteiger partial charge in [-0.15, -0.1) is 0 Å². The molecule has 0 radical (unpaired) electrons. The van der Waals surface area contributed by atoms with Crippen LogP contribution in [0.3, 0.4) is 0 Å². The van der Waals surface area contributed by atoms with Crippen LogP contribution in [0.2, 0.25) is 0 Å². The largest absolute Gasteiger partial charge is 0.398 e. The van der Waals surface area contributed by atoms with Crippen LogP contribution < -0.4 is 10.5 Å². The van der Waals surface area contributed by atoms with Crippen LogP contribution in [0.1, 0.15) is 6.92 Å². The molecule has 0 saturated heterocycles. The molecule has 0 aliphatic carbocycles. The van der Waals surface area contributed by atoms with E-state index in [1.165, 1.54) is 0 Å². The van der Waals surface area contributed by atoms with Gasteiger partial charge in [0.25, 0.3) is 0 Å². The molecule has 1 aromatic rings. The maximum atomic E-state index is 11.2. The van der Waals surface area contributed by atoms with E-state index in [1.54, 1.807) is 25.1 Å². The minimum atomic E-state index is -3.22. The summed E-state index contributed by atoms with van der Waals surface area (Å²) in [5.74, 6) is 0.0446. The van der Waals surface area contributed by atoms with E-state index in [0.717, 1.165) is 4.47 Å². The van der Waals surface area contributed by atoms with Crippen LogP contribution in [0.4, 0.5) is 11.4 Å². The van der Waals surface area contributed by atoms with Gasteiger partial charge in [-0.1, -0.05) is 0 Å². The minimum absolute atomic E-state index is 0.0446. The molecule has 0 saturated carbocycles. The number of hydrogen-bond donors (Lipinski definition) is 2. The normalized spacial score (nSPS) is 11.3. The zero-order valence-corrected chi connectivity index (χ0v) is 10.0. The minimum Gasteiger partial charge on any atom is -0.398 e. The SMILES string of the molecule is CCS(=O)(=O)Nc1ccc(Br)c(N)c1. The van der Waals surface area contributed by atoms with Gasteiger partial charge in [0.15, 0.2) is 0 Å². The Balaban J connectivity index is 2.94. The van der Waals surface area contributed by atoms with Gasteiger partial charge in [0.2, 0.25) is 10.0 Å². The molecule has 0 aliphatic heterocycles. The molecule has 1 aromatic carbocycles. The third-order valence-electron chi connectivity index (χ3n) is 1.65. The summed E-state index contributed by atoms with van der Waals surface area (Å²) in [6.45, 7) is 1.57. The highest BCUT2D eigenvalue weighted by Gasteiger charge is 2.07. The zero-order chi connectivity index (χ0) is 10.8. The van der Waals surface area contributed by atoms with Crippen LogP contribution in [-0.4, -0.2) is 14.2 Å². The maximum absolute atomic E-state index is 11.2. The Morgan fingerprint density at radius 2 is 2.14 bits per heavy atom. The summed E-state index contributed by atoms with van der Waals surface area (Å²) >= 11 is 3.22. The van der Waals surface area contributed by atoms with Gasteiger partial charge in [-0.2, -0.15) is 0 Å². The van der Waals surface area contributed by atoms with E-state index >= 15 is 0 Å². The molecule has 4 nitrogen and oxygen atoms in total. The molecule has 0 amide bonds. The van der Waals surface area contributed by atoms with E-state index in [1.807, 2.05) is 0 Å². The van der Waals surface area contributed by atoms with E-state index in [4.69, 9.17) is 5.73 Å². The molecular formula is C8H11BrN2O2S. The summed E-state index contributed by atoms with van der Waals surface area (Å²) in [6.07, 6.45) is 0. The van der Waals surface area contributed by atoms with Crippen LogP contribution >= 0.6 is 15.9 Å². The molecule has 1 rings (SSSR count). The smallest absolute Gasteiger partial charge is 0.232 e. The molecule has 0 unspecified atom stereocenters. The number of hydrogen-bond acceptors (Lipinski definition) is 3. The molecule has 0 spiro atoms. The number of rotatable bonds is 3. The third-order valence-corrected chi connectivity index (χ3v) is 3.68. The Labute approximate surface area is 91.7 Å². The van der Waals surface area contributed by atoms with Crippen LogP contribution in [0.25, 0.3) is 0 Å². The van der Waals surface area contributed by atoms with Crippen LogP contribution in [0, 0.1) is 0 Å². The number of halogens is 1. The lowest BCUT2D eigenvalue weighted by molar-refractivity contribution is 0.602. The van der Waals surface area contributed by atoms with E-state index in [9.17, 15) is 8.42 Å². The Hall–Kier alpha value is -0.750. The van der Waals surface area contributed by atoms with Crippen molar-refractivity contribution in [3.05, 3.63) is 22.7 Å². The summed E-state index contributed by atoms with van der Waals surface area (Å²) < 4.78 is 25.6. The van der Waals surface area contributed by atoms with Crippen molar-refractivity contribution in [2.24, 2.45) is 0 Å². The van der Waals surface area contributed by atoms with Crippen molar-refractivity contribution in [3.63, 3.8) is 0 Å². The molecule has 14 heavy (non-hydrogen) atoms. The second-order valence-corrected chi connectivity index (χ2v) is 5.61. The lowest BCUT2D eigenvalue weighted by atomic mass is 10.3. The molecule has 6 heteroatoms. The molecular weight excluding hydrogens is 268 g/mol. The van der Waals surface area contributed by atoms with Gasteiger partial charge in [-0.25, -0.2) is 8.42 Å². The quantitative estimate of drug-likeness (QED) is 0.828. The van der Waals surface area contributed by atoms with Gasteiger partial charge in [0.1, 0.15) is 0 Å². The first-order valence-corrected chi connectivity index (χ1v) is 6.44. The van der Waals surface area contributed by atoms with E-state index in [0.29, 0.717) is 11.4 Å². The van der Waals surface area contributed by atoms with Crippen LogP contribution in [-0.2, 0) is 10.0 Å². The highest BCUT2D eigenvalue weighted by molar-refractivity contribution is 9.10. The van der Waals surface area contributed by atoms with Gasteiger partial charge in [-0.05, 0) is 41.1 Å². The summed E-state index contributed by atoms with van der Waals surface area (Å²) in [4.78, 5) is 0. The number of nitrogens with two attached hydrogens (primary N) is 1.